The summed E-state index contributed by atoms with van der Waals surface area (Å²) in [5, 5.41) is 15.2. The largest absolute Gasteiger partial charge is 0.354 e. The van der Waals surface area contributed by atoms with Crippen LogP contribution in [0.4, 0.5) is 0 Å². The smallest absolute Gasteiger partial charge is 0.243 e. The van der Waals surface area contributed by atoms with Gasteiger partial charge < -0.3 is 5.32 Å². The lowest BCUT2D eigenvalue weighted by atomic mass is 10.0. The second-order valence-electron chi connectivity index (χ2n) is 6.07. The van der Waals surface area contributed by atoms with Gasteiger partial charge in [0.25, 0.3) is 0 Å². The van der Waals surface area contributed by atoms with E-state index in [9.17, 15) is 4.79 Å². The zero-order valence-corrected chi connectivity index (χ0v) is 14.4. The number of hydrogen-bond acceptors (Lipinski definition) is 4. The SMILES string of the molecule is Cc1ccccc1-c1nnn(CC(=O)NC[C@@H](C)c2ccccc2)n1. The highest BCUT2D eigenvalue weighted by Gasteiger charge is 2.12. The zero-order valence-electron chi connectivity index (χ0n) is 14.4. The maximum atomic E-state index is 12.1. The van der Waals surface area contributed by atoms with Crippen molar-refractivity contribution in [2.24, 2.45) is 0 Å². The Morgan fingerprint density at radius 2 is 1.84 bits per heavy atom. The van der Waals surface area contributed by atoms with E-state index in [2.05, 4.69) is 39.8 Å². The predicted octanol–water partition coefficient (Wildman–Crippen LogP) is 2.57. The van der Waals surface area contributed by atoms with Gasteiger partial charge in [-0.05, 0) is 29.2 Å². The predicted molar refractivity (Wildman–Crippen MR) is 95.9 cm³/mol. The lowest BCUT2D eigenvalue weighted by Gasteiger charge is -2.12. The van der Waals surface area contributed by atoms with Crippen LogP contribution in [0.2, 0.25) is 0 Å². The molecular weight excluding hydrogens is 314 g/mol. The summed E-state index contributed by atoms with van der Waals surface area (Å²) in [6.45, 7) is 4.70. The maximum absolute atomic E-state index is 12.1. The molecule has 6 heteroatoms. The summed E-state index contributed by atoms with van der Waals surface area (Å²) in [6.07, 6.45) is 0. The van der Waals surface area contributed by atoms with Gasteiger partial charge in [-0.1, -0.05) is 61.5 Å². The summed E-state index contributed by atoms with van der Waals surface area (Å²) in [4.78, 5) is 13.4. The number of nitrogens with one attached hydrogen (secondary N) is 1. The molecule has 0 aliphatic heterocycles. The summed E-state index contributed by atoms with van der Waals surface area (Å²) in [5.74, 6) is 0.649. The Bertz CT molecular complexity index is 844. The third-order valence-corrected chi connectivity index (χ3v) is 4.10. The number of carbonyl (C=O) groups is 1. The van der Waals surface area contributed by atoms with Crippen molar-refractivity contribution in [3.05, 3.63) is 65.7 Å². The highest BCUT2D eigenvalue weighted by molar-refractivity contribution is 5.75. The summed E-state index contributed by atoms with van der Waals surface area (Å²) < 4.78 is 0. The molecule has 0 saturated carbocycles. The van der Waals surface area contributed by atoms with Gasteiger partial charge in [-0.25, -0.2) is 0 Å². The second-order valence-corrected chi connectivity index (χ2v) is 6.07. The van der Waals surface area contributed by atoms with Gasteiger partial charge in [0.05, 0.1) is 0 Å². The van der Waals surface area contributed by atoms with E-state index < -0.39 is 0 Å². The summed E-state index contributed by atoms with van der Waals surface area (Å²) in [7, 11) is 0. The van der Waals surface area contributed by atoms with E-state index in [1.165, 1.54) is 10.4 Å². The van der Waals surface area contributed by atoms with Crippen molar-refractivity contribution in [2.45, 2.75) is 26.3 Å². The molecule has 128 valence electrons. The van der Waals surface area contributed by atoms with Crippen LogP contribution < -0.4 is 5.32 Å². The van der Waals surface area contributed by atoms with Crippen molar-refractivity contribution in [2.75, 3.05) is 6.54 Å². The first-order chi connectivity index (χ1) is 12.1. The van der Waals surface area contributed by atoms with Gasteiger partial charge in [-0.2, -0.15) is 4.80 Å². The van der Waals surface area contributed by atoms with Gasteiger partial charge in [0.1, 0.15) is 6.54 Å². The number of rotatable bonds is 6. The molecule has 0 aliphatic carbocycles. The Balaban J connectivity index is 1.56. The minimum absolute atomic E-state index is 0.0559. The van der Waals surface area contributed by atoms with Gasteiger partial charge in [0.2, 0.25) is 11.7 Å². The number of tetrazole rings is 1. The molecule has 25 heavy (non-hydrogen) atoms. The lowest BCUT2D eigenvalue weighted by molar-refractivity contribution is -0.122. The first-order valence-corrected chi connectivity index (χ1v) is 8.29. The summed E-state index contributed by atoms with van der Waals surface area (Å²) in [5.41, 5.74) is 3.19. The molecule has 1 atom stereocenters. The molecule has 3 rings (SSSR count). The van der Waals surface area contributed by atoms with Gasteiger partial charge in [0.15, 0.2) is 0 Å². The second kappa shape index (κ2) is 7.70. The van der Waals surface area contributed by atoms with E-state index >= 15 is 0 Å². The molecule has 0 bridgehead atoms. The van der Waals surface area contributed by atoms with Crippen LogP contribution in [0.5, 0.6) is 0 Å². The molecule has 3 aromatic rings. The Labute approximate surface area is 146 Å². The third-order valence-electron chi connectivity index (χ3n) is 4.10. The Kier molecular flexibility index (Phi) is 5.18. The Morgan fingerprint density at radius 3 is 2.60 bits per heavy atom. The number of benzene rings is 2. The molecule has 0 radical (unpaired) electrons. The first kappa shape index (κ1) is 16.8. The molecule has 0 spiro atoms. The molecule has 1 amide bonds. The minimum atomic E-state index is -0.128. The van der Waals surface area contributed by atoms with Crippen LogP contribution in [-0.2, 0) is 11.3 Å². The lowest BCUT2D eigenvalue weighted by Crippen LogP contribution is -2.31. The molecule has 1 heterocycles. The molecule has 6 nitrogen and oxygen atoms in total. The first-order valence-electron chi connectivity index (χ1n) is 8.29. The molecule has 0 saturated heterocycles. The molecule has 0 unspecified atom stereocenters. The fourth-order valence-corrected chi connectivity index (χ4v) is 2.59. The quantitative estimate of drug-likeness (QED) is 0.751. The topological polar surface area (TPSA) is 72.7 Å². The van der Waals surface area contributed by atoms with Crippen molar-refractivity contribution < 1.29 is 4.79 Å². The normalized spacial score (nSPS) is 11.9. The monoisotopic (exact) mass is 335 g/mol. The number of amides is 1. The van der Waals surface area contributed by atoms with Crippen LogP contribution in [0.25, 0.3) is 11.4 Å². The fourth-order valence-electron chi connectivity index (χ4n) is 2.59. The number of aryl methyl sites for hydroxylation is 1. The van der Waals surface area contributed by atoms with Crippen molar-refractivity contribution >= 4 is 5.91 Å². The molecule has 1 N–H and O–H groups in total. The van der Waals surface area contributed by atoms with Crippen LogP contribution in [0, 0.1) is 6.92 Å². The summed E-state index contributed by atoms with van der Waals surface area (Å²) in [6, 6.07) is 17.9. The van der Waals surface area contributed by atoms with E-state index in [4.69, 9.17) is 0 Å². The molecule has 1 aromatic heterocycles. The molecule has 0 aliphatic rings. The van der Waals surface area contributed by atoms with Crippen LogP contribution in [-0.4, -0.2) is 32.7 Å². The van der Waals surface area contributed by atoms with E-state index in [0.717, 1.165) is 11.1 Å². The average molecular weight is 335 g/mol. The van der Waals surface area contributed by atoms with E-state index in [1.54, 1.807) is 0 Å². The molecule has 2 aromatic carbocycles. The van der Waals surface area contributed by atoms with Crippen LogP contribution in [0.3, 0.4) is 0 Å². The van der Waals surface area contributed by atoms with Crippen molar-refractivity contribution in [1.82, 2.24) is 25.5 Å². The highest BCUT2D eigenvalue weighted by Crippen LogP contribution is 2.17. The van der Waals surface area contributed by atoms with E-state index in [1.807, 2.05) is 49.4 Å². The zero-order chi connectivity index (χ0) is 17.6. The highest BCUT2D eigenvalue weighted by atomic mass is 16.2. The number of nitrogens with zero attached hydrogens (tertiary/aromatic N) is 4. The average Bonchev–Trinajstić information content (AvgIpc) is 3.09. The third kappa shape index (κ3) is 4.29. The van der Waals surface area contributed by atoms with Crippen molar-refractivity contribution in [3.63, 3.8) is 0 Å². The maximum Gasteiger partial charge on any atom is 0.243 e. The standard InChI is InChI=1S/C19H21N5O/c1-14-8-6-7-11-17(14)19-21-23-24(22-19)13-18(25)20-12-15(2)16-9-4-3-5-10-16/h3-11,15H,12-13H2,1-2H3,(H,20,25)/t15-/m1/s1. The van der Waals surface area contributed by atoms with Gasteiger partial charge >= 0.3 is 0 Å². The van der Waals surface area contributed by atoms with Crippen LogP contribution >= 0.6 is 0 Å². The van der Waals surface area contributed by atoms with Crippen LogP contribution in [0.15, 0.2) is 54.6 Å². The number of hydrogen-bond donors (Lipinski definition) is 1. The fraction of sp³-hybridized carbons (Fsp3) is 0.263. The van der Waals surface area contributed by atoms with Gasteiger partial charge in [-0.3, -0.25) is 4.79 Å². The van der Waals surface area contributed by atoms with Gasteiger partial charge in [0, 0.05) is 12.1 Å². The minimum Gasteiger partial charge on any atom is -0.354 e. The Hall–Kier alpha value is -3.02. The van der Waals surface area contributed by atoms with E-state index in [0.29, 0.717) is 12.4 Å². The van der Waals surface area contributed by atoms with Crippen LogP contribution in [0.1, 0.15) is 24.0 Å². The number of carbonyl (C=O) groups excluding carboxylic acids is 1. The summed E-state index contributed by atoms with van der Waals surface area (Å²) >= 11 is 0. The molecule has 0 fully saturated rings. The van der Waals surface area contributed by atoms with Gasteiger partial charge in [-0.15, -0.1) is 10.2 Å². The number of aromatic nitrogens is 4. The molecular formula is C19H21N5O. The van der Waals surface area contributed by atoms with Crippen molar-refractivity contribution in [1.29, 1.82) is 0 Å². The van der Waals surface area contributed by atoms with Crippen molar-refractivity contribution in [3.8, 4) is 11.4 Å². The Morgan fingerprint density at radius 1 is 1.12 bits per heavy atom. The van der Waals surface area contributed by atoms with E-state index in [-0.39, 0.29) is 18.4 Å².